The number of carboxylic acid groups (broad SMARTS) is 1. The Morgan fingerprint density at radius 3 is 2.71 bits per heavy atom. The van der Waals surface area contributed by atoms with Crippen LogP contribution < -0.4 is 5.73 Å². The number of hydrogen-bond donors (Lipinski definition) is 2. The van der Waals surface area contributed by atoms with Crippen molar-refractivity contribution in [3.05, 3.63) is 20.8 Å². The number of aryl methyl sites for hydroxylation is 1. The topological polar surface area (TPSA) is 63.3 Å². The minimum Gasteiger partial charge on any atom is -0.480 e. The molecule has 0 fully saturated rings. The van der Waals surface area contributed by atoms with Gasteiger partial charge in [-0.15, -0.1) is 23.7 Å². The molecule has 1 heterocycles. The first-order valence-corrected chi connectivity index (χ1v) is 4.93. The molecule has 0 radical (unpaired) electrons. The second kappa shape index (κ2) is 5.56. The predicted molar refractivity (Wildman–Crippen MR) is 60.6 cm³/mol. The van der Waals surface area contributed by atoms with Crippen molar-refractivity contribution in [2.24, 2.45) is 5.73 Å². The molecule has 14 heavy (non-hydrogen) atoms. The van der Waals surface area contributed by atoms with Crippen LogP contribution in [0.4, 0.5) is 0 Å². The van der Waals surface area contributed by atoms with E-state index in [1.165, 1.54) is 11.3 Å². The molecule has 0 aromatic carbocycles. The third-order valence-corrected chi connectivity index (χ3v) is 2.97. The predicted octanol–water partition coefficient (Wildman–Crippen LogP) is 2.09. The summed E-state index contributed by atoms with van der Waals surface area (Å²) < 4.78 is 0.671. The Morgan fingerprint density at radius 1 is 1.79 bits per heavy atom. The minimum absolute atomic E-state index is 0. The highest BCUT2D eigenvalue weighted by Crippen LogP contribution is 2.26. The zero-order valence-electron chi connectivity index (χ0n) is 7.49. The Hall–Kier alpha value is -0.290. The van der Waals surface area contributed by atoms with Crippen LogP contribution in [-0.4, -0.2) is 17.1 Å². The van der Waals surface area contributed by atoms with Crippen molar-refractivity contribution in [2.45, 2.75) is 19.4 Å². The van der Waals surface area contributed by atoms with E-state index < -0.39 is 12.0 Å². The SMILES string of the molecule is Cc1sc(Cl)cc1CC(N)C(=O)O.Cl. The first kappa shape index (κ1) is 13.7. The van der Waals surface area contributed by atoms with E-state index in [0.29, 0.717) is 10.8 Å². The maximum absolute atomic E-state index is 10.5. The Balaban J connectivity index is 0.00000169. The van der Waals surface area contributed by atoms with Gasteiger partial charge in [0, 0.05) is 4.88 Å². The molecular weight excluding hydrogens is 245 g/mol. The number of halogens is 2. The molecule has 0 aliphatic rings. The molecule has 80 valence electrons. The Labute approximate surface area is 97.3 Å². The van der Waals surface area contributed by atoms with E-state index >= 15 is 0 Å². The lowest BCUT2D eigenvalue weighted by molar-refractivity contribution is -0.138. The van der Waals surface area contributed by atoms with Crippen LogP contribution in [0.15, 0.2) is 6.07 Å². The molecule has 0 saturated carbocycles. The average Bonchev–Trinajstić information content (AvgIpc) is 2.30. The van der Waals surface area contributed by atoms with E-state index in [1.54, 1.807) is 6.07 Å². The van der Waals surface area contributed by atoms with Crippen LogP contribution in [0.3, 0.4) is 0 Å². The summed E-state index contributed by atoms with van der Waals surface area (Å²) in [5.74, 6) is -0.985. The molecule has 1 rings (SSSR count). The van der Waals surface area contributed by atoms with Gasteiger partial charge in [-0.05, 0) is 25.0 Å². The molecule has 0 aliphatic carbocycles. The van der Waals surface area contributed by atoms with Crippen molar-refractivity contribution in [2.75, 3.05) is 0 Å². The van der Waals surface area contributed by atoms with Gasteiger partial charge in [0.1, 0.15) is 6.04 Å². The summed E-state index contributed by atoms with van der Waals surface area (Å²) in [4.78, 5) is 11.5. The van der Waals surface area contributed by atoms with Crippen LogP contribution in [0, 0.1) is 6.92 Å². The third-order valence-electron chi connectivity index (χ3n) is 1.75. The highest BCUT2D eigenvalue weighted by atomic mass is 35.5. The lowest BCUT2D eigenvalue weighted by Gasteiger charge is -2.04. The molecule has 3 N–H and O–H groups in total. The summed E-state index contributed by atoms with van der Waals surface area (Å²) >= 11 is 7.20. The number of rotatable bonds is 3. The van der Waals surface area contributed by atoms with Crippen LogP contribution >= 0.6 is 35.3 Å². The molecule has 0 amide bonds. The fourth-order valence-electron chi connectivity index (χ4n) is 1.01. The van der Waals surface area contributed by atoms with Crippen molar-refractivity contribution in [1.82, 2.24) is 0 Å². The molecule has 0 saturated heterocycles. The minimum atomic E-state index is -0.985. The van der Waals surface area contributed by atoms with Crippen molar-refractivity contribution >= 4 is 41.3 Å². The summed E-state index contributed by atoms with van der Waals surface area (Å²) in [5.41, 5.74) is 6.31. The van der Waals surface area contributed by atoms with Crippen molar-refractivity contribution < 1.29 is 9.90 Å². The van der Waals surface area contributed by atoms with Crippen molar-refractivity contribution in [3.63, 3.8) is 0 Å². The van der Waals surface area contributed by atoms with Crippen molar-refractivity contribution in [1.29, 1.82) is 0 Å². The molecule has 3 nitrogen and oxygen atoms in total. The highest BCUT2D eigenvalue weighted by Gasteiger charge is 2.14. The summed E-state index contributed by atoms with van der Waals surface area (Å²) in [6, 6.07) is 0.925. The van der Waals surface area contributed by atoms with Crippen LogP contribution in [0.2, 0.25) is 4.34 Å². The van der Waals surface area contributed by atoms with Crippen LogP contribution in [0.1, 0.15) is 10.4 Å². The molecule has 0 bridgehead atoms. The normalized spacial score (nSPS) is 11.9. The second-order valence-electron chi connectivity index (χ2n) is 2.78. The summed E-state index contributed by atoms with van der Waals surface area (Å²) in [5, 5.41) is 8.59. The van der Waals surface area contributed by atoms with E-state index in [4.69, 9.17) is 22.4 Å². The second-order valence-corrected chi connectivity index (χ2v) is 4.67. The molecule has 1 aromatic rings. The number of carboxylic acids is 1. The number of aliphatic carboxylic acids is 1. The van der Waals surface area contributed by atoms with E-state index in [1.807, 2.05) is 6.92 Å². The van der Waals surface area contributed by atoms with Gasteiger partial charge in [-0.1, -0.05) is 11.6 Å². The van der Waals surface area contributed by atoms with E-state index in [-0.39, 0.29) is 12.4 Å². The quantitative estimate of drug-likeness (QED) is 0.870. The van der Waals surface area contributed by atoms with Gasteiger partial charge in [0.15, 0.2) is 0 Å². The molecular formula is C8H11Cl2NO2S. The first-order chi connectivity index (χ1) is 6.00. The zero-order chi connectivity index (χ0) is 10.0. The Kier molecular flexibility index (Phi) is 5.44. The van der Waals surface area contributed by atoms with Crippen molar-refractivity contribution in [3.8, 4) is 0 Å². The maximum atomic E-state index is 10.5. The molecule has 1 aromatic heterocycles. The lowest BCUT2D eigenvalue weighted by Crippen LogP contribution is -2.32. The summed E-state index contributed by atoms with van der Waals surface area (Å²) in [7, 11) is 0. The van der Waals surface area contributed by atoms with Gasteiger partial charge in [0.25, 0.3) is 0 Å². The first-order valence-electron chi connectivity index (χ1n) is 3.74. The van der Waals surface area contributed by atoms with Gasteiger partial charge in [0.05, 0.1) is 4.34 Å². The van der Waals surface area contributed by atoms with Gasteiger partial charge < -0.3 is 10.8 Å². The molecule has 6 heteroatoms. The monoisotopic (exact) mass is 255 g/mol. The van der Waals surface area contributed by atoms with E-state index in [0.717, 1.165) is 10.4 Å². The maximum Gasteiger partial charge on any atom is 0.320 e. The largest absolute Gasteiger partial charge is 0.480 e. The Morgan fingerprint density at radius 2 is 2.36 bits per heavy atom. The van der Waals surface area contributed by atoms with Crippen LogP contribution in [0.5, 0.6) is 0 Å². The highest BCUT2D eigenvalue weighted by molar-refractivity contribution is 7.16. The van der Waals surface area contributed by atoms with E-state index in [9.17, 15) is 4.79 Å². The van der Waals surface area contributed by atoms with Gasteiger partial charge in [0.2, 0.25) is 0 Å². The fraction of sp³-hybridized carbons (Fsp3) is 0.375. The number of hydrogen-bond acceptors (Lipinski definition) is 3. The van der Waals surface area contributed by atoms with Crippen LogP contribution in [0.25, 0.3) is 0 Å². The molecule has 0 spiro atoms. The number of thiophene rings is 1. The van der Waals surface area contributed by atoms with Gasteiger partial charge >= 0.3 is 5.97 Å². The third kappa shape index (κ3) is 3.46. The number of carbonyl (C=O) groups is 1. The van der Waals surface area contributed by atoms with Gasteiger partial charge in [-0.3, -0.25) is 4.79 Å². The summed E-state index contributed by atoms with van der Waals surface area (Å²) in [6.45, 7) is 1.90. The molecule has 1 atom stereocenters. The van der Waals surface area contributed by atoms with Gasteiger partial charge in [-0.25, -0.2) is 0 Å². The fourth-order valence-corrected chi connectivity index (χ4v) is 2.25. The van der Waals surface area contributed by atoms with Gasteiger partial charge in [-0.2, -0.15) is 0 Å². The average molecular weight is 256 g/mol. The molecule has 1 unspecified atom stereocenters. The number of nitrogens with two attached hydrogens (primary N) is 1. The summed E-state index contributed by atoms with van der Waals surface area (Å²) in [6.07, 6.45) is 0.338. The lowest BCUT2D eigenvalue weighted by atomic mass is 10.1. The van der Waals surface area contributed by atoms with Crippen LogP contribution in [-0.2, 0) is 11.2 Å². The molecule has 0 aliphatic heterocycles. The Bertz CT molecular complexity index is 327. The van der Waals surface area contributed by atoms with E-state index in [2.05, 4.69) is 0 Å². The zero-order valence-corrected chi connectivity index (χ0v) is 9.88. The smallest absolute Gasteiger partial charge is 0.320 e. The standard InChI is InChI=1S/C8H10ClNO2S.ClH/c1-4-5(3-7(9)13-4)2-6(10)8(11)12;/h3,6H,2,10H2,1H3,(H,11,12);1H.